The number of halogens is 1. The van der Waals surface area contributed by atoms with Crippen molar-refractivity contribution in [2.45, 2.75) is 20.4 Å². The topological polar surface area (TPSA) is 41.4 Å². The summed E-state index contributed by atoms with van der Waals surface area (Å²) in [4.78, 5) is 21.3. The van der Waals surface area contributed by atoms with E-state index in [1.807, 2.05) is 48.5 Å². The molecule has 1 saturated heterocycles. The number of imidazole rings is 1. The van der Waals surface area contributed by atoms with Gasteiger partial charge >= 0.3 is 0 Å². The van der Waals surface area contributed by atoms with Crippen LogP contribution in [0.2, 0.25) is 0 Å². The van der Waals surface area contributed by atoms with E-state index in [0.29, 0.717) is 0 Å². The third-order valence-corrected chi connectivity index (χ3v) is 4.26. The summed E-state index contributed by atoms with van der Waals surface area (Å²) in [6, 6.07) is 7.79. The lowest BCUT2D eigenvalue weighted by Crippen LogP contribution is -2.49. The lowest BCUT2D eigenvalue weighted by Gasteiger charge is -2.35. The van der Waals surface area contributed by atoms with Gasteiger partial charge in [-0.15, -0.1) is 12.4 Å². The minimum Gasteiger partial charge on any atom is -0.339 e. The number of carbonyl (C=O) groups is 1. The summed E-state index contributed by atoms with van der Waals surface area (Å²) in [5.74, 6) is 1.14. The number of aromatic nitrogens is 2. The highest BCUT2D eigenvalue weighted by Gasteiger charge is 2.24. The highest BCUT2D eigenvalue weighted by Crippen LogP contribution is 2.17. The molecule has 0 bridgehead atoms. The van der Waals surface area contributed by atoms with E-state index < -0.39 is 0 Å². The molecular formula is C17H23ClN4O. The van der Waals surface area contributed by atoms with Crippen molar-refractivity contribution in [3.8, 4) is 0 Å². The van der Waals surface area contributed by atoms with E-state index in [9.17, 15) is 4.79 Å². The first-order chi connectivity index (χ1) is 10.7. The molecule has 0 spiro atoms. The van der Waals surface area contributed by atoms with Gasteiger partial charge in [-0.1, -0.05) is 18.2 Å². The van der Waals surface area contributed by atoms with Crippen molar-refractivity contribution in [1.82, 2.24) is 14.5 Å². The predicted molar refractivity (Wildman–Crippen MR) is 94.4 cm³/mol. The Labute approximate surface area is 143 Å². The number of benzene rings is 1. The van der Waals surface area contributed by atoms with E-state index in [0.717, 1.165) is 49.8 Å². The van der Waals surface area contributed by atoms with Crippen LogP contribution in [0.3, 0.4) is 0 Å². The molecule has 0 N–H and O–H groups in total. The van der Waals surface area contributed by atoms with Crippen LogP contribution in [0.4, 0.5) is 5.95 Å². The van der Waals surface area contributed by atoms with Crippen LogP contribution >= 0.6 is 12.4 Å². The van der Waals surface area contributed by atoms with Crippen molar-refractivity contribution < 1.29 is 4.79 Å². The molecule has 0 aliphatic carbocycles. The van der Waals surface area contributed by atoms with Gasteiger partial charge in [-0.05, 0) is 25.5 Å². The van der Waals surface area contributed by atoms with Crippen LogP contribution in [0.25, 0.3) is 0 Å². The average Bonchev–Trinajstić information content (AvgIpc) is 3.03. The van der Waals surface area contributed by atoms with Crippen LogP contribution in [0, 0.1) is 6.92 Å². The van der Waals surface area contributed by atoms with Crippen LogP contribution < -0.4 is 4.90 Å². The van der Waals surface area contributed by atoms with Crippen molar-refractivity contribution in [3.05, 3.63) is 47.8 Å². The van der Waals surface area contributed by atoms with Gasteiger partial charge in [0.15, 0.2) is 0 Å². The smallest absolute Gasteiger partial charge is 0.254 e. The lowest BCUT2D eigenvalue weighted by atomic mass is 10.1. The van der Waals surface area contributed by atoms with E-state index >= 15 is 0 Å². The van der Waals surface area contributed by atoms with E-state index in [4.69, 9.17) is 0 Å². The molecule has 2 heterocycles. The monoisotopic (exact) mass is 334 g/mol. The van der Waals surface area contributed by atoms with E-state index in [-0.39, 0.29) is 18.3 Å². The number of amides is 1. The van der Waals surface area contributed by atoms with Crippen molar-refractivity contribution in [2.75, 3.05) is 31.1 Å². The standard InChI is InChI=1S/C17H22N4O.ClH/c1-3-19-9-8-18-17(19)21-12-10-20(11-13-21)16(22)15-7-5-4-6-14(15)2;/h4-9H,3,10-13H2,1-2H3;1H. The van der Waals surface area contributed by atoms with Gasteiger partial charge in [0.25, 0.3) is 5.91 Å². The number of aryl methyl sites for hydroxylation is 2. The minimum absolute atomic E-state index is 0. The highest BCUT2D eigenvalue weighted by atomic mass is 35.5. The van der Waals surface area contributed by atoms with Crippen LogP contribution in [-0.2, 0) is 6.54 Å². The van der Waals surface area contributed by atoms with E-state index in [2.05, 4.69) is 21.4 Å². The second-order valence-electron chi connectivity index (χ2n) is 5.61. The van der Waals surface area contributed by atoms with E-state index in [1.54, 1.807) is 0 Å². The van der Waals surface area contributed by atoms with Gasteiger partial charge in [-0.3, -0.25) is 4.79 Å². The summed E-state index contributed by atoms with van der Waals surface area (Å²) in [6.45, 7) is 8.15. The maximum absolute atomic E-state index is 12.6. The Balaban J connectivity index is 0.00000192. The highest BCUT2D eigenvalue weighted by molar-refractivity contribution is 5.95. The zero-order valence-corrected chi connectivity index (χ0v) is 14.4. The summed E-state index contributed by atoms with van der Waals surface area (Å²) < 4.78 is 2.14. The molecule has 1 amide bonds. The molecule has 5 nitrogen and oxygen atoms in total. The van der Waals surface area contributed by atoms with Crippen LogP contribution in [0.15, 0.2) is 36.7 Å². The van der Waals surface area contributed by atoms with Gasteiger partial charge in [0.05, 0.1) is 0 Å². The second kappa shape index (κ2) is 7.51. The summed E-state index contributed by atoms with van der Waals surface area (Å²) in [5, 5.41) is 0. The number of carbonyl (C=O) groups excluding carboxylic acids is 1. The fraction of sp³-hybridized carbons (Fsp3) is 0.412. The molecule has 1 aromatic carbocycles. The molecule has 1 aromatic heterocycles. The molecular weight excluding hydrogens is 312 g/mol. The molecule has 0 saturated carbocycles. The lowest BCUT2D eigenvalue weighted by molar-refractivity contribution is 0.0745. The van der Waals surface area contributed by atoms with Gasteiger partial charge in [0, 0.05) is 50.7 Å². The normalized spacial score (nSPS) is 14.5. The molecule has 124 valence electrons. The van der Waals surface area contributed by atoms with Gasteiger partial charge in [0.2, 0.25) is 5.95 Å². The largest absolute Gasteiger partial charge is 0.339 e. The molecule has 1 aliphatic heterocycles. The number of rotatable bonds is 3. The Hall–Kier alpha value is -2.01. The van der Waals surface area contributed by atoms with Crippen LogP contribution in [-0.4, -0.2) is 46.5 Å². The molecule has 23 heavy (non-hydrogen) atoms. The van der Waals surface area contributed by atoms with Gasteiger partial charge < -0.3 is 14.4 Å². The summed E-state index contributed by atoms with van der Waals surface area (Å²) in [6.07, 6.45) is 3.84. The van der Waals surface area contributed by atoms with E-state index in [1.165, 1.54) is 0 Å². The van der Waals surface area contributed by atoms with Crippen LogP contribution in [0.5, 0.6) is 0 Å². The number of nitrogens with zero attached hydrogens (tertiary/aromatic N) is 4. The quantitative estimate of drug-likeness (QED) is 0.866. The Morgan fingerprint density at radius 1 is 1.17 bits per heavy atom. The van der Waals surface area contributed by atoms with Gasteiger partial charge in [-0.2, -0.15) is 0 Å². The SMILES string of the molecule is CCn1ccnc1N1CCN(C(=O)c2ccccc2C)CC1.Cl. The van der Waals surface area contributed by atoms with Gasteiger partial charge in [-0.25, -0.2) is 4.98 Å². The molecule has 1 fully saturated rings. The fourth-order valence-electron chi connectivity index (χ4n) is 2.92. The fourth-order valence-corrected chi connectivity index (χ4v) is 2.92. The van der Waals surface area contributed by atoms with Crippen molar-refractivity contribution in [2.24, 2.45) is 0 Å². The molecule has 3 rings (SSSR count). The van der Waals surface area contributed by atoms with Gasteiger partial charge in [0.1, 0.15) is 0 Å². The third-order valence-electron chi connectivity index (χ3n) is 4.26. The molecule has 6 heteroatoms. The first-order valence-electron chi connectivity index (χ1n) is 7.81. The maximum Gasteiger partial charge on any atom is 0.254 e. The average molecular weight is 335 g/mol. The third kappa shape index (κ3) is 3.50. The van der Waals surface area contributed by atoms with Crippen molar-refractivity contribution in [3.63, 3.8) is 0 Å². The maximum atomic E-state index is 12.6. The first-order valence-corrected chi connectivity index (χ1v) is 7.81. The summed E-state index contributed by atoms with van der Waals surface area (Å²) in [7, 11) is 0. The Morgan fingerprint density at radius 2 is 1.87 bits per heavy atom. The zero-order chi connectivity index (χ0) is 15.5. The van der Waals surface area contributed by atoms with Crippen LogP contribution in [0.1, 0.15) is 22.8 Å². The number of hydrogen-bond acceptors (Lipinski definition) is 3. The minimum atomic E-state index is 0. The Morgan fingerprint density at radius 3 is 2.52 bits per heavy atom. The van der Waals surface area contributed by atoms with Crippen molar-refractivity contribution >= 4 is 24.3 Å². The Kier molecular flexibility index (Phi) is 5.66. The summed E-state index contributed by atoms with van der Waals surface area (Å²) >= 11 is 0. The number of anilines is 1. The first kappa shape index (κ1) is 17.3. The van der Waals surface area contributed by atoms with Crippen molar-refractivity contribution in [1.29, 1.82) is 0 Å². The predicted octanol–water partition coefficient (Wildman–Crippen LogP) is 2.60. The number of piperazine rings is 1. The molecule has 1 aliphatic rings. The molecule has 2 aromatic rings. The second-order valence-corrected chi connectivity index (χ2v) is 5.61. The summed E-state index contributed by atoms with van der Waals surface area (Å²) in [5.41, 5.74) is 1.85. The number of hydrogen-bond donors (Lipinski definition) is 0. The Bertz CT molecular complexity index is 662. The molecule has 0 radical (unpaired) electrons. The molecule has 0 atom stereocenters. The molecule has 0 unspecified atom stereocenters. The zero-order valence-electron chi connectivity index (χ0n) is 13.6.